The van der Waals surface area contributed by atoms with Gasteiger partial charge in [-0.2, -0.15) is 4.31 Å². The Morgan fingerprint density at radius 3 is 2.53 bits per heavy atom. The number of anilines is 1. The fourth-order valence-corrected chi connectivity index (χ4v) is 6.53. The Labute approximate surface area is 188 Å². The molecule has 3 aliphatic rings. The Morgan fingerprint density at radius 2 is 1.75 bits per heavy atom. The van der Waals surface area contributed by atoms with Crippen molar-refractivity contribution in [3.8, 4) is 0 Å². The summed E-state index contributed by atoms with van der Waals surface area (Å²) in [5.41, 5.74) is 1.51. The Balaban J connectivity index is 1.46. The van der Waals surface area contributed by atoms with Crippen molar-refractivity contribution in [2.24, 2.45) is 0 Å². The van der Waals surface area contributed by atoms with E-state index in [-0.39, 0.29) is 10.8 Å². The monoisotopic (exact) mass is 454 g/mol. The predicted octanol–water partition coefficient (Wildman–Crippen LogP) is 2.92. The number of carbonyl (C=O) groups is 2. The molecule has 8 heteroatoms. The predicted molar refractivity (Wildman–Crippen MR) is 119 cm³/mol. The largest absolute Gasteiger partial charge is 0.445 e. The van der Waals surface area contributed by atoms with Gasteiger partial charge in [0, 0.05) is 31.7 Å². The van der Waals surface area contributed by atoms with E-state index in [1.807, 2.05) is 12.1 Å². The molecular weight excluding hydrogens is 428 g/mol. The summed E-state index contributed by atoms with van der Waals surface area (Å²) in [7, 11) is -3.52. The molecule has 3 aliphatic heterocycles. The van der Waals surface area contributed by atoms with E-state index in [1.54, 1.807) is 42.2 Å². The van der Waals surface area contributed by atoms with Gasteiger partial charge in [-0.1, -0.05) is 18.2 Å². The quantitative estimate of drug-likeness (QED) is 0.666. The maximum Gasteiger partial charge on any atom is 0.339 e. The maximum atomic E-state index is 13.6. The van der Waals surface area contributed by atoms with Gasteiger partial charge in [0.15, 0.2) is 5.60 Å². The molecule has 32 heavy (non-hydrogen) atoms. The molecular formula is C24H26N2O5S. The van der Waals surface area contributed by atoms with Gasteiger partial charge in [-0.15, -0.1) is 0 Å². The van der Waals surface area contributed by atoms with Crippen LogP contribution in [0.3, 0.4) is 0 Å². The summed E-state index contributed by atoms with van der Waals surface area (Å²) < 4.78 is 33.1. The molecule has 0 unspecified atom stereocenters. The molecule has 1 atom stereocenters. The lowest BCUT2D eigenvalue weighted by Crippen LogP contribution is -2.54. The number of aryl methyl sites for hydroxylation is 1. The van der Waals surface area contributed by atoms with Crippen LogP contribution in [0, 0.1) is 0 Å². The molecule has 7 nitrogen and oxygen atoms in total. The van der Waals surface area contributed by atoms with Crippen LogP contribution in [0.1, 0.15) is 47.7 Å². The molecule has 168 valence electrons. The fourth-order valence-electron chi connectivity index (χ4n) is 4.96. The van der Waals surface area contributed by atoms with Gasteiger partial charge in [0.25, 0.3) is 5.91 Å². The number of carbonyl (C=O) groups excluding carboxylic acids is 2. The fraction of sp³-hybridized carbons (Fsp3) is 0.417. The zero-order valence-electron chi connectivity index (χ0n) is 18.0. The van der Waals surface area contributed by atoms with Gasteiger partial charge in [0.05, 0.1) is 10.5 Å². The molecule has 0 spiro atoms. The van der Waals surface area contributed by atoms with Crippen LogP contribution in [0.25, 0.3) is 0 Å². The molecule has 0 bridgehead atoms. The van der Waals surface area contributed by atoms with Crippen LogP contribution >= 0.6 is 0 Å². The first-order chi connectivity index (χ1) is 15.3. The van der Waals surface area contributed by atoms with Gasteiger partial charge in [0.1, 0.15) is 0 Å². The van der Waals surface area contributed by atoms with Crippen molar-refractivity contribution in [2.45, 2.75) is 49.5 Å². The number of rotatable bonds is 3. The minimum atomic E-state index is -3.52. The van der Waals surface area contributed by atoms with Gasteiger partial charge < -0.3 is 9.64 Å². The number of nitrogens with zero attached hydrogens (tertiary/aromatic N) is 2. The SMILES string of the molecule is C[C@@]1(C(=O)N2CCCc3cc(S(=O)(=O)N4CCCC4)ccc32)Cc2ccccc2C(=O)O1. The number of sulfonamides is 1. The van der Waals surface area contributed by atoms with E-state index < -0.39 is 21.6 Å². The van der Waals surface area contributed by atoms with Crippen LogP contribution in [0.15, 0.2) is 47.4 Å². The lowest BCUT2D eigenvalue weighted by atomic mass is 9.88. The molecule has 5 rings (SSSR count). The number of ether oxygens (including phenoxy) is 1. The van der Waals surface area contributed by atoms with Crippen LogP contribution in [0.4, 0.5) is 5.69 Å². The molecule has 0 saturated carbocycles. The highest BCUT2D eigenvalue weighted by Gasteiger charge is 2.46. The number of benzene rings is 2. The molecule has 0 aromatic heterocycles. The standard InChI is InChI=1S/C24H26N2O5S/c1-24(16-18-7-2-3-9-20(18)22(27)31-24)23(28)26-14-6-8-17-15-19(10-11-21(17)26)32(29,30)25-12-4-5-13-25/h2-3,7,9-11,15H,4-6,8,12-14,16H2,1H3/t24-/m0/s1. The molecule has 2 aromatic carbocycles. The number of esters is 1. The second-order valence-electron chi connectivity index (χ2n) is 8.92. The first-order valence-electron chi connectivity index (χ1n) is 11.1. The Hall–Kier alpha value is -2.71. The van der Waals surface area contributed by atoms with Crippen LogP contribution in [-0.4, -0.2) is 49.8 Å². The highest BCUT2D eigenvalue weighted by atomic mass is 32.2. The smallest absolute Gasteiger partial charge is 0.339 e. The van der Waals surface area contributed by atoms with E-state index in [0.717, 1.165) is 24.0 Å². The third kappa shape index (κ3) is 3.42. The number of amides is 1. The minimum Gasteiger partial charge on any atom is -0.445 e. The molecule has 1 saturated heterocycles. The highest BCUT2D eigenvalue weighted by molar-refractivity contribution is 7.89. The lowest BCUT2D eigenvalue weighted by molar-refractivity contribution is -0.137. The molecule has 2 aromatic rings. The highest BCUT2D eigenvalue weighted by Crippen LogP contribution is 2.36. The molecule has 0 aliphatic carbocycles. The molecule has 3 heterocycles. The number of hydrogen-bond donors (Lipinski definition) is 0. The van der Waals surface area contributed by atoms with Crippen LogP contribution in [-0.2, 0) is 32.4 Å². The van der Waals surface area contributed by atoms with Crippen molar-refractivity contribution >= 4 is 27.6 Å². The maximum absolute atomic E-state index is 13.6. The molecule has 1 amide bonds. The first kappa shape index (κ1) is 21.2. The Morgan fingerprint density at radius 1 is 1.00 bits per heavy atom. The summed E-state index contributed by atoms with van der Waals surface area (Å²) in [6.07, 6.45) is 3.48. The van der Waals surface area contributed by atoms with E-state index >= 15 is 0 Å². The van der Waals surface area contributed by atoms with Crippen molar-refractivity contribution in [3.05, 3.63) is 59.2 Å². The molecule has 1 fully saturated rings. The van der Waals surface area contributed by atoms with E-state index in [2.05, 4.69) is 0 Å². The Kier molecular flexibility index (Phi) is 5.09. The van der Waals surface area contributed by atoms with Gasteiger partial charge in [-0.3, -0.25) is 4.79 Å². The van der Waals surface area contributed by atoms with Gasteiger partial charge in [0.2, 0.25) is 10.0 Å². The second-order valence-corrected chi connectivity index (χ2v) is 10.9. The number of hydrogen-bond acceptors (Lipinski definition) is 5. The van der Waals surface area contributed by atoms with Gasteiger partial charge in [-0.05, 0) is 68.0 Å². The number of fused-ring (bicyclic) bond motifs is 2. The van der Waals surface area contributed by atoms with E-state index in [4.69, 9.17) is 4.74 Å². The third-order valence-corrected chi connectivity index (χ3v) is 8.55. The van der Waals surface area contributed by atoms with E-state index in [9.17, 15) is 18.0 Å². The summed E-state index contributed by atoms with van der Waals surface area (Å²) in [5, 5.41) is 0. The summed E-state index contributed by atoms with van der Waals surface area (Å²) in [6.45, 7) is 3.26. The normalized spacial score (nSPS) is 23.4. The third-order valence-electron chi connectivity index (χ3n) is 6.65. The summed E-state index contributed by atoms with van der Waals surface area (Å²) in [5.74, 6) is -0.775. The lowest BCUT2D eigenvalue weighted by Gasteiger charge is -2.39. The second kappa shape index (κ2) is 7.71. The minimum absolute atomic E-state index is 0.275. The summed E-state index contributed by atoms with van der Waals surface area (Å²) >= 11 is 0. The molecule has 0 radical (unpaired) electrons. The summed E-state index contributed by atoms with van der Waals surface area (Å²) in [4.78, 5) is 28.1. The van der Waals surface area contributed by atoms with E-state index in [1.165, 1.54) is 4.31 Å². The van der Waals surface area contributed by atoms with E-state index in [0.29, 0.717) is 50.1 Å². The topological polar surface area (TPSA) is 84.0 Å². The van der Waals surface area contributed by atoms with Crippen molar-refractivity contribution in [2.75, 3.05) is 24.5 Å². The van der Waals surface area contributed by atoms with Crippen LogP contribution < -0.4 is 4.90 Å². The average molecular weight is 455 g/mol. The van der Waals surface area contributed by atoms with Crippen molar-refractivity contribution in [3.63, 3.8) is 0 Å². The van der Waals surface area contributed by atoms with Crippen molar-refractivity contribution < 1.29 is 22.7 Å². The van der Waals surface area contributed by atoms with Crippen LogP contribution in [0.2, 0.25) is 0 Å². The zero-order valence-corrected chi connectivity index (χ0v) is 18.9. The zero-order chi connectivity index (χ0) is 22.5. The van der Waals surface area contributed by atoms with Crippen LogP contribution in [0.5, 0.6) is 0 Å². The van der Waals surface area contributed by atoms with Crippen molar-refractivity contribution in [1.82, 2.24) is 4.31 Å². The van der Waals surface area contributed by atoms with Gasteiger partial charge >= 0.3 is 5.97 Å². The molecule has 0 N–H and O–H groups in total. The summed E-state index contributed by atoms with van der Waals surface area (Å²) in [6, 6.07) is 12.2. The van der Waals surface area contributed by atoms with Crippen molar-refractivity contribution in [1.29, 1.82) is 0 Å². The number of cyclic esters (lactones) is 1. The average Bonchev–Trinajstić information content (AvgIpc) is 3.34. The van der Waals surface area contributed by atoms with Gasteiger partial charge in [-0.25, -0.2) is 13.2 Å². The Bertz CT molecular complexity index is 1200. The first-order valence-corrected chi connectivity index (χ1v) is 12.5.